The van der Waals surface area contributed by atoms with Crippen molar-refractivity contribution in [1.29, 1.82) is 0 Å². The summed E-state index contributed by atoms with van der Waals surface area (Å²) in [5.41, 5.74) is 2.59. The molecule has 1 N–H and O–H groups in total. The molecule has 7 heteroatoms. The number of thiocarbonyl (C=S) groups is 1. The number of ether oxygens (including phenoxy) is 1. The summed E-state index contributed by atoms with van der Waals surface area (Å²) in [7, 11) is 0. The average Bonchev–Trinajstić information content (AvgIpc) is 2.94. The van der Waals surface area contributed by atoms with Crippen molar-refractivity contribution in [2.45, 2.75) is 46.2 Å². The van der Waals surface area contributed by atoms with Gasteiger partial charge in [-0.15, -0.1) is 0 Å². The number of anilines is 1. The molecule has 1 heterocycles. The van der Waals surface area contributed by atoms with Crippen LogP contribution in [0, 0.1) is 13.5 Å². The molecule has 0 aromatic heterocycles. The SMILES string of the molecule is [C-]#[N+]c1ccc(N2C(=O)C(C)(C)N(CCCOc3ccc(CNCC)cc3)C2=S)cc1C. The summed E-state index contributed by atoms with van der Waals surface area (Å²) >= 11 is 5.69. The zero-order valence-electron chi connectivity index (χ0n) is 19.1. The lowest BCUT2D eigenvalue weighted by Gasteiger charge is -2.29. The second-order valence-electron chi connectivity index (χ2n) is 8.34. The van der Waals surface area contributed by atoms with Gasteiger partial charge in [0, 0.05) is 18.8 Å². The molecule has 0 unspecified atom stereocenters. The van der Waals surface area contributed by atoms with Crippen LogP contribution in [0.25, 0.3) is 4.85 Å². The topological polar surface area (TPSA) is 49.2 Å². The molecular formula is C25H30N4O2S. The molecule has 2 aromatic carbocycles. The molecule has 1 fully saturated rings. The van der Waals surface area contributed by atoms with E-state index in [4.69, 9.17) is 23.5 Å². The molecule has 3 rings (SSSR count). The summed E-state index contributed by atoms with van der Waals surface area (Å²) in [6.07, 6.45) is 0.736. The zero-order chi connectivity index (χ0) is 23.3. The maximum absolute atomic E-state index is 13.2. The highest BCUT2D eigenvalue weighted by atomic mass is 32.1. The molecule has 0 saturated carbocycles. The standard InChI is InChI=1S/C25H30N4O2S/c1-6-27-17-19-8-11-21(12-9-19)31-15-7-14-28-24(32)29(23(30)25(28,3)4)20-10-13-22(26-5)18(2)16-20/h8-13,16,27H,6-7,14-15,17H2,1-4H3. The molecule has 0 spiro atoms. The Morgan fingerprint density at radius 3 is 2.53 bits per heavy atom. The van der Waals surface area contributed by atoms with Gasteiger partial charge in [0.1, 0.15) is 11.3 Å². The van der Waals surface area contributed by atoms with Gasteiger partial charge in [0.2, 0.25) is 0 Å². The molecule has 32 heavy (non-hydrogen) atoms. The van der Waals surface area contributed by atoms with Crippen molar-refractivity contribution >= 4 is 34.6 Å². The van der Waals surface area contributed by atoms with Crippen molar-refractivity contribution < 1.29 is 9.53 Å². The first kappa shape index (κ1) is 23.7. The third-order valence-electron chi connectivity index (χ3n) is 5.68. The van der Waals surface area contributed by atoms with Crippen molar-refractivity contribution in [1.82, 2.24) is 10.2 Å². The largest absolute Gasteiger partial charge is 0.494 e. The van der Waals surface area contributed by atoms with Gasteiger partial charge in [0.25, 0.3) is 5.91 Å². The first-order valence-corrected chi connectivity index (χ1v) is 11.3. The van der Waals surface area contributed by atoms with Crippen molar-refractivity contribution in [3.8, 4) is 5.75 Å². The minimum absolute atomic E-state index is 0.0605. The quantitative estimate of drug-likeness (QED) is 0.337. The van der Waals surface area contributed by atoms with E-state index in [1.54, 1.807) is 17.0 Å². The molecule has 1 aliphatic rings. The Hall–Kier alpha value is -2.95. The maximum atomic E-state index is 13.2. The number of rotatable bonds is 9. The Morgan fingerprint density at radius 2 is 1.91 bits per heavy atom. The van der Waals surface area contributed by atoms with E-state index in [-0.39, 0.29) is 5.91 Å². The third-order valence-corrected chi connectivity index (χ3v) is 6.08. The van der Waals surface area contributed by atoms with Crippen molar-refractivity contribution in [2.24, 2.45) is 0 Å². The maximum Gasteiger partial charge on any atom is 0.258 e. The molecule has 2 aromatic rings. The van der Waals surface area contributed by atoms with E-state index >= 15 is 0 Å². The number of aryl methyl sites for hydroxylation is 1. The van der Waals surface area contributed by atoms with Gasteiger partial charge in [-0.2, -0.15) is 0 Å². The van der Waals surface area contributed by atoms with Gasteiger partial charge in [-0.1, -0.05) is 25.1 Å². The molecule has 0 bridgehead atoms. The Morgan fingerprint density at radius 1 is 1.19 bits per heavy atom. The number of benzene rings is 2. The van der Waals surface area contributed by atoms with Crippen LogP contribution in [0.4, 0.5) is 11.4 Å². The summed E-state index contributed by atoms with van der Waals surface area (Å²) < 4.78 is 5.89. The van der Waals surface area contributed by atoms with Gasteiger partial charge < -0.3 is 15.0 Å². The van der Waals surface area contributed by atoms with Crippen LogP contribution in [-0.4, -0.2) is 41.2 Å². The number of nitrogens with zero attached hydrogens (tertiary/aromatic N) is 3. The monoisotopic (exact) mass is 450 g/mol. The number of nitrogens with one attached hydrogen (secondary N) is 1. The van der Waals surface area contributed by atoms with Gasteiger partial charge >= 0.3 is 0 Å². The predicted octanol–water partition coefficient (Wildman–Crippen LogP) is 4.84. The van der Waals surface area contributed by atoms with Crippen LogP contribution in [0.1, 0.15) is 38.3 Å². The average molecular weight is 451 g/mol. The lowest BCUT2D eigenvalue weighted by molar-refractivity contribution is -0.123. The molecule has 0 atom stereocenters. The fraction of sp³-hybridized carbons (Fsp3) is 0.400. The Labute approximate surface area is 196 Å². The van der Waals surface area contributed by atoms with Crippen LogP contribution >= 0.6 is 12.2 Å². The Balaban J connectivity index is 1.60. The van der Waals surface area contributed by atoms with Gasteiger partial charge in [-0.05, 0) is 81.3 Å². The van der Waals surface area contributed by atoms with Crippen LogP contribution in [0.15, 0.2) is 42.5 Å². The number of carbonyl (C=O) groups is 1. The molecule has 0 radical (unpaired) electrons. The first-order valence-electron chi connectivity index (χ1n) is 10.9. The van der Waals surface area contributed by atoms with Gasteiger partial charge in [-0.25, -0.2) is 4.85 Å². The molecule has 6 nitrogen and oxygen atoms in total. The van der Waals surface area contributed by atoms with Crippen LogP contribution in [0.5, 0.6) is 5.75 Å². The van der Waals surface area contributed by atoms with E-state index in [9.17, 15) is 4.79 Å². The van der Waals surface area contributed by atoms with E-state index < -0.39 is 5.54 Å². The number of hydrogen-bond acceptors (Lipinski definition) is 4. The van der Waals surface area contributed by atoms with Crippen molar-refractivity contribution in [3.63, 3.8) is 0 Å². The second kappa shape index (κ2) is 10.1. The van der Waals surface area contributed by atoms with E-state index in [0.29, 0.717) is 29.6 Å². The van der Waals surface area contributed by atoms with E-state index in [2.05, 4.69) is 29.2 Å². The van der Waals surface area contributed by atoms with Crippen LogP contribution in [0.2, 0.25) is 0 Å². The summed E-state index contributed by atoms with van der Waals surface area (Å²) in [6.45, 7) is 17.9. The lowest BCUT2D eigenvalue weighted by atomic mass is 10.0. The fourth-order valence-corrected chi connectivity index (χ4v) is 4.24. The molecule has 1 saturated heterocycles. The number of amides is 1. The van der Waals surface area contributed by atoms with E-state index in [0.717, 1.165) is 30.8 Å². The number of hydrogen-bond donors (Lipinski definition) is 1. The number of carbonyl (C=O) groups excluding carboxylic acids is 1. The van der Waals surface area contributed by atoms with E-state index in [1.807, 2.05) is 43.9 Å². The minimum Gasteiger partial charge on any atom is -0.494 e. The summed E-state index contributed by atoms with van der Waals surface area (Å²) in [5, 5.41) is 3.79. The van der Waals surface area contributed by atoms with Crippen LogP contribution in [0.3, 0.4) is 0 Å². The summed E-state index contributed by atoms with van der Waals surface area (Å²) in [5.74, 6) is 0.774. The molecular weight excluding hydrogens is 420 g/mol. The smallest absolute Gasteiger partial charge is 0.258 e. The highest BCUT2D eigenvalue weighted by molar-refractivity contribution is 7.80. The van der Waals surface area contributed by atoms with Crippen LogP contribution in [-0.2, 0) is 11.3 Å². The fourth-order valence-electron chi connectivity index (χ4n) is 3.73. The Bertz CT molecular complexity index is 1030. The van der Waals surface area contributed by atoms with Crippen molar-refractivity contribution in [3.05, 3.63) is 65.0 Å². The van der Waals surface area contributed by atoms with Gasteiger partial charge in [0.15, 0.2) is 10.8 Å². The van der Waals surface area contributed by atoms with Crippen LogP contribution < -0.4 is 15.0 Å². The predicted molar refractivity (Wildman–Crippen MR) is 132 cm³/mol. The second-order valence-corrected chi connectivity index (χ2v) is 8.71. The molecule has 0 aliphatic carbocycles. The first-order chi connectivity index (χ1) is 15.3. The highest BCUT2D eigenvalue weighted by Gasteiger charge is 2.49. The summed E-state index contributed by atoms with van der Waals surface area (Å²) in [4.78, 5) is 20.2. The molecule has 168 valence electrons. The highest BCUT2D eigenvalue weighted by Crippen LogP contribution is 2.34. The Kier molecular flexibility index (Phi) is 7.49. The minimum atomic E-state index is -0.739. The molecule has 1 aliphatic heterocycles. The summed E-state index contributed by atoms with van der Waals surface area (Å²) in [6, 6.07) is 13.5. The third kappa shape index (κ3) is 4.93. The molecule has 1 amide bonds. The van der Waals surface area contributed by atoms with E-state index in [1.165, 1.54) is 5.56 Å². The lowest BCUT2D eigenvalue weighted by Crippen LogP contribution is -2.44. The zero-order valence-corrected chi connectivity index (χ0v) is 20.0. The van der Waals surface area contributed by atoms with Gasteiger partial charge in [0.05, 0.1) is 13.2 Å². The van der Waals surface area contributed by atoms with Crippen molar-refractivity contribution in [2.75, 3.05) is 24.6 Å². The van der Waals surface area contributed by atoms with Gasteiger partial charge in [-0.3, -0.25) is 9.69 Å². The normalized spacial score (nSPS) is 15.2.